The van der Waals surface area contributed by atoms with E-state index in [-0.39, 0.29) is 11.3 Å². The molecule has 1 aliphatic heterocycles. The molecule has 1 aliphatic rings. The summed E-state index contributed by atoms with van der Waals surface area (Å²) < 4.78 is 2.25. The summed E-state index contributed by atoms with van der Waals surface area (Å²) in [6.45, 7) is 5.45. The van der Waals surface area contributed by atoms with Crippen LogP contribution in [0.2, 0.25) is 0 Å². The Balaban J connectivity index is 1.49. The molecule has 1 saturated heterocycles. The number of aromatic nitrogens is 1. The third-order valence-electron chi connectivity index (χ3n) is 4.46. The van der Waals surface area contributed by atoms with Crippen LogP contribution in [-0.2, 0) is 11.3 Å². The second-order valence-corrected chi connectivity index (χ2v) is 6.16. The normalized spacial score (nSPS) is 21.8. The van der Waals surface area contributed by atoms with E-state index >= 15 is 0 Å². The maximum Gasteiger partial charge on any atom is 0.227 e. The van der Waals surface area contributed by atoms with Crippen LogP contribution >= 0.6 is 0 Å². The summed E-state index contributed by atoms with van der Waals surface area (Å²) in [5.41, 5.74) is 1.04. The molecule has 1 aromatic carbocycles. The molecule has 112 valence electrons. The van der Waals surface area contributed by atoms with Crippen molar-refractivity contribution in [2.24, 2.45) is 5.41 Å². The van der Waals surface area contributed by atoms with E-state index in [2.05, 4.69) is 51.7 Å². The van der Waals surface area contributed by atoms with Crippen LogP contribution in [0.4, 0.5) is 0 Å². The molecule has 1 unspecified atom stereocenters. The minimum absolute atomic E-state index is 0.185. The molecule has 2 aromatic rings. The van der Waals surface area contributed by atoms with Crippen LogP contribution in [0.3, 0.4) is 0 Å². The minimum Gasteiger partial charge on any atom is -0.356 e. The summed E-state index contributed by atoms with van der Waals surface area (Å²) in [6, 6.07) is 10.5. The Labute approximate surface area is 125 Å². The van der Waals surface area contributed by atoms with E-state index in [1.54, 1.807) is 0 Å². The number of hydrogen-bond acceptors (Lipinski definition) is 2. The van der Waals surface area contributed by atoms with Gasteiger partial charge in [0.2, 0.25) is 5.91 Å². The highest BCUT2D eigenvalue weighted by molar-refractivity contribution is 5.82. The van der Waals surface area contributed by atoms with Crippen molar-refractivity contribution in [3.63, 3.8) is 0 Å². The molecule has 0 saturated carbocycles. The topological polar surface area (TPSA) is 46.1 Å². The van der Waals surface area contributed by atoms with Gasteiger partial charge in [-0.25, -0.2) is 0 Å². The van der Waals surface area contributed by atoms with Gasteiger partial charge in [0.15, 0.2) is 0 Å². The van der Waals surface area contributed by atoms with Gasteiger partial charge in [-0.05, 0) is 43.8 Å². The highest BCUT2D eigenvalue weighted by Gasteiger charge is 2.35. The molecule has 4 heteroatoms. The first-order chi connectivity index (χ1) is 10.2. The number of nitrogens with zero attached hydrogens (tertiary/aromatic N) is 1. The summed E-state index contributed by atoms with van der Waals surface area (Å²) >= 11 is 0. The SMILES string of the molecule is CC1(C(=O)NCCCn2ccc3ccccc32)CCNC1. The average molecular weight is 285 g/mol. The van der Waals surface area contributed by atoms with Crippen molar-refractivity contribution in [1.29, 1.82) is 0 Å². The number of amides is 1. The lowest BCUT2D eigenvalue weighted by atomic mass is 9.89. The van der Waals surface area contributed by atoms with Gasteiger partial charge in [0.25, 0.3) is 0 Å². The Hall–Kier alpha value is -1.81. The van der Waals surface area contributed by atoms with E-state index in [9.17, 15) is 4.79 Å². The highest BCUT2D eigenvalue weighted by atomic mass is 16.2. The highest BCUT2D eigenvalue weighted by Crippen LogP contribution is 2.24. The van der Waals surface area contributed by atoms with Crippen LogP contribution in [0.5, 0.6) is 0 Å². The zero-order valence-corrected chi connectivity index (χ0v) is 12.6. The number of hydrogen-bond donors (Lipinski definition) is 2. The summed E-state index contributed by atoms with van der Waals surface area (Å²) in [5, 5.41) is 7.61. The number of nitrogens with one attached hydrogen (secondary N) is 2. The van der Waals surface area contributed by atoms with Crippen LogP contribution in [0, 0.1) is 5.41 Å². The summed E-state index contributed by atoms with van der Waals surface area (Å²) in [5.74, 6) is 0.185. The van der Waals surface area contributed by atoms with E-state index in [1.807, 2.05) is 6.92 Å². The summed E-state index contributed by atoms with van der Waals surface area (Å²) in [4.78, 5) is 12.2. The molecule has 0 radical (unpaired) electrons. The van der Waals surface area contributed by atoms with Crippen LogP contribution in [0.1, 0.15) is 19.8 Å². The van der Waals surface area contributed by atoms with E-state index < -0.39 is 0 Å². The molecule has 1 amide bonds. The number of carbonyl (C=O) groups is 1. The van der Waals surface area contributed by atoms with E-state index in [0.29, 0.717) is 0 Å². The summed E-state index contributed by atoms with van der Waals surface area (Å²) in [7, 11) is 0. The molecule has 2 heterocycles. The number of rotatable bonds is 5. The van der Waals surface area contributed by atoms with Gasteiger partial charge in [0.05, 0.1) is 5.41 Å². The van der Waals surface area contributed by atoms with Gasteiger partial charge in [-0.2, -0.15) is 0 Å². The second-order valence-electron chi connectivity index (χ2n) is 6.16. The smallest absolute Gasteiger partial charge is 0.227 e. The number of aryl methyl sites for hydroxylation is 1. The molecule has 3 rings (SSSR count). The van der Waals surface area contributed by atoms with Crippen molar-refractivity contribution in [2.75, 3.05) is 19.6 Å². The molecule has 1 atom stereocenters. The Bertz CT molecular complexity index is 626. The maximum absolute atomic E-state index is 12.2. The molecule has 4 nitrogen and oxygen atoms in total. The van der Waals surface area contributed by atoms with Gasteiger partial charge in [-0.3, -0.25) is 4.79 Å². The molecule has 21 heavy (non-hydrogen) atoms. The Morgan fingerprint density at radius 2 is 2.24 bits per heavy atom. The Morgan fingerprint density at radius 3 is 3.05 bits per heavy atom. The maximum atomic E-state index is 12.2. The zero-order valence-electron chi connectivity index (χ0n) is 12.6. The lowest BCUT2D eigenvalue weighted by Gasteiger charge is -2.21. The predicted molar refractivity (Wildman–Crippen MR) is 85.2 cm³/mol. The van der Waals surface area contributed by atoms with Crippen molar-refractivity contribution < 1.29 is 4.79 Å². The second kappa shape index (κ2) is 5.90. The van der Waals surface area contributed by atoms with Crippen molar-refractivity contribution in [1.82, 2.24) is 15.2 Å². The first-order valence-electron chi connectivity index (χ1n) is 7.72. The average Bonchev–Trinajstić information content (AvgIpc) is 3.11. The summed E-state index contributed by atoms with van der Waals surface area (Å²) in [6.07, 6.45) is 4.00. The lowest BCUT2D eigenvalue weighted by molar-refractivity contribution is -0.129. The van der Waals surface area contributed by atoms with Gasteiger partial charge in [0.1, 0.15) is 0 Å². The standard InChI is InChI=1S/C17H23N3O/c1-17(8-10-18-13-17)16(21)19-9-4-11-20-12-7-14-5-2-3-6-15(14)20/h2-3,5-7,12,18H,4,8-11,13H2,1H3,(H,19,21). The van der Waals surface area contributed by atoms with E-state index in [4.69, 9.17) is 0 Å². The predicted octanol–water partition coefficient (Wildman–Crippen LogP) is 2.15. The van der Waals surface area contributed by atoms with Crippen LogP contribution in [-0.4, -0.2) is 30.1 Å². The fraction of sp³-hybridized carbons (Fsp3) is 0.471. The first kappa shape index (κ1) is 14.1. The van der Waals surface area contributed by atoms with Gasteiger partial charge in [-0.1, -0.05) is 18.2 Å². The number of benzene rings is 1. The number of carbonyl (C=O) groups excluding carboxylic acids is 1. The van der Waals surface area contributed by atoms with Gasteiger partial charge in [-0.15, -0.1) is 0 Å². The molecular weight excluding hydrogens is 262 g/mol. The largest absolute Gasteiger partial charge is 0.356 e. The monoisotopic (exact) mass is 285 g/mol. The lowest BCUT2D eigenvalue weighted by Crippen LogP contribution is -2.40. The van der Waals surface area contributed by atoms with Crippen molar-refractivity contribution in [2.45, 2.75) is 26.3 Å². The number of para-hydroxylation sites is 1. The molecule has 2 N–H and O–H groups in total. The van der Waals surface area contributed by atoms with Crippen LogP contribution < -0.4 is 10.6 Å². The van der Waals surface area contributed by atoms with Crippen molar-refractivity contribution in [3.05, 3.63) is 36.5 Å². The van der Waals surface area contributed by atoms with Crippen LogP contribution in [0.25, 0.3) is 10.9 Å². The Kier molecular flexibility index (Phi) is 3.97. The van der Waals surface area contributed by atoms with Crippen molar-refractivity contribution >= 4 is 16.8 Å². The molecule has 0 aliphatic carbocycles. The van der Waals surface area contributed by atoms with E-state index in [0.717, 1.165) is 39.0 Å². The molecule has 0 spiro atoms. The quantitative estimate of drug-likeness (QED) is 0.827. The van der Waals surface area contributed by atoms with E-state index in [1.165, 1.54) is 10.9 Å². The third kappa shape index (κ3) is 2.95. The van der Waals surface area contributed by atoms with Gasteiger partial charge in [0, 0.05) is 31.3 Å². The van der Waals surface area contributed by atoms with Gasteiger partial charge < -0.3 is 15.2 Å². The van der Waals surface area contributed by atoms with Gasteiger partial charge >= 0.3 is 0 Å². The third-order valence-corrected chi connectivity index (χ3v) is 4.46. The minimum atomic E-state index is -0.222. The first-order valence-corrected chi connectivity index (χ1v) is 7.72. The Morgan fingerprint density at radius 1 is 1.38 bits per heavy atom. The van der Waals surface area contributed by atoms with Crippen molar-refractivity contribution in [3.8, 4) is 0 Å². The van der Waals surface area contributed by atoms with Crippen LogP contribution in [0.15, 0.2) is 36.5 Å². The zero-order chi connectivity index (χ0) is 14.7. The molecule has 1 aromatic heterocycles. The molecular formula is C17H23N3O. The number of fused-ring (bicyclic) bond motifs is 1. The fourth-order valence-corrected chi connectivity index (χ4v) is 3.01. The molecule has 1 fully saturated rings. The fourth-order valence-electron chi connectivity index (χ4n) is 3.01. The molecule has 0 bridgehead atoms.